The summed E-state index contributed by atoms with van der Waals surface area (Å²) in [6.45, 7) is -2.82. The van der Waals surface area contributed by atoms with E-state index >= 15 is 0 Å². The largest absolute Gasteiger partial charge is 0.325 e. The summed E-state index contributed by atoms with van der Waals surface area (Å²) >= 11 is 0. The summed E-state index contributed by atoms with van der Waals surface area (Å²) in [4.78, 5) is 0. The van der Waals surface area contributed by atoms with Crippen LogP contribution in [0.4, 0.5) is 26.3 Å². The Labute approximate surface area is 94.1 Å². The first-order valence-corrected chi connectivity index (χ1v) is 4.57. The van der Waals surface area contributed by atoms with Crippen LogP contribution in [-0.2, 0) is 4.74 Å². The van der Waals surface area contributed by atoms with Crippen LogP contribution >= 0.6 is 0 Å². The van der Waals surface area contributed by atoms with Crippen LogP contribution in [-0.4, -0.2) is 36.6 Å². The van der Waals surface area contributed by atoms with E-state index in [4.69, 9.17) is 0 Å². The summed E-state index contributed by atoms with van der Waals surface area (Å²) in [6, 6.07) is 0. The van der Waals surface area contributed by atoms with Gasteiger partial charge in [0, 0.05) is 13.8 Å². The lowest BCUT2D eigenvalue weighted by Gasteiger charge is -2.37. The summed E-state index contributed by atoms with van der Waals surface area (Å²) in [7, 11) is 0. The minimum Gasteiger partial charge on any atom is -0.325 e. The molecule has 4 N–H and O–H groups in total. The average Bonchev–Trinajstić information content (AvgIpc) is 2.15. The summed E-state index contributed by atoms with van der Waals surface area (Å²) in [5, 5.41) is 0. The van der Waals surface area contributed by atoms with E-state index in [1.165, 1.54) is 0 Å². The number of hydrogen-bond donors (Lipinski definition) is 2. The van der Waals surface area contributed by atoms with Gasteiger partial charge in [0.1, 0.15) is 0 Å². The molecule has 0 fully saturated rings. The van der Waals surface area contributed by atoms with Crippen LogP contribution in [0, 0.1) is 0 Å². The highest BCUT2D eigenvalue weighted by atomic mass is 19.3. The number of hydrogen-bond acceptors (Lipinski definition) is 3. The molecule has 2 atom stereocenters. The fourth-order valence-electron chi connectivity index (χ4n) is 0.874. The monoisotopic (exact) mass is 268 g/mol. The van der Waals surface area contributed by atoms with Gasteiger partial charge >= 0.3 is 11.8 Å². The normalized spacial score (nSPS) is 20.8. The van der Waals surface area contributed by atoms with Gasteiger partial charge in [-0.15, -0.1) is 0 Å². The van der Waals surface area contributed by atoms with Crippen molar-refractivity contribution in [1.82, 2.24) is 0 Å². The molecule has 0 saturated carbocycles. The maximum absolute atomic E-state index is 13.4. The lowest BCUT2D eigenvalue weighted by atomic mass is 10.1. The van der Waals surface area contributed by atoms with Crippen molar-refractivity contribution in [2.45, 2.75) is 37.4 Å². The zero-order valence-corrected chi connectivity index (χ0v) is 9.24. The summed E-state index contributed by atoms with van der Waals surface area (Å²) in [5.41, 5.74) is 9.10. The standard InChI is InChI=1S/C8H14F6N2O/c1-5(9,7(11,12)3-15)17-6(2,10)8(13,14)4-16/h3-4,15-16H2,1-2H3. The zero-order chi connectivity index (χ0) is 14.1. The lowest BCUT2D eigenvalue weighted by Crippen LogP contribution is -2.58. The van der Waals surface area contributed by atoms with Crippen molar-refractivity contribution in [3.63, 3.8) is 0 Å². The van der Waals surface area contributed by atoms with Crippen LogP contribution in [0.25, 0.3) is 0 Å². The molecule has 0 rings (SSSR count). The number of nitrogens with two attached hydrogens (primary N) is 2. The number of ether oxygens (including phenoxy) is 1. The van der Waals surface area contributed by atoms with E-state index in [-0.39, 0.29) is 13.8 Å². The minimum atomic E-state index is -4.31. The van der Waals surface area contributed by atoms with Crippen molar-refractivity contribution in [3.05, 3.63) is 0 Å². The molecule has 0 aromatic carbocycles. The molecule has 0 amide bonds. The fourth-order valence-corrected chi connectivity index (χ4v) is 0.874. The molecule has 0 radical (unpaired) electrons. The van der Waals surface area contributed by atoms with Gasteiger partial charge in [-0.2, -0.15) is 17.6 Å². The molecule has 0 aromatic heterocycles. The minimum absolute atomic E-state index is 0.115. The van der Waals surface area contributed by atoms with Gasteiger partial charge < -0.3 is 11.5 Å². The lowest BCUT2D eigenvalue weighted by molar-refractivity contribution is -0.375. The number of rotatable bonds is 6. The fraction of sp³-hybridized carbons (Fsp3) is 1.00. The Morgan fingerprint density at radius 1 is 0.765 bits per heavy atom. The molecule has 0 heterocycles. The second-order valence-electron chi connectivity index (χ2n) is 3.75. The molecule has 0 aliphatic rings. The van der Waals surface area contributed by atoms with Crippen LogP contribution in [0.2, 0.25) is 0 Å². The summed E-state index contributed by atoms with van der Waals surface area (Å²) < 4.78 is 81.8. The van der Waals surface area contributed by atoms with Gasteiger partial charge in [-0.05, 0) is 0 Å². The molecule has 0 saturated heterocycles. The van der Waals surface area contributed by atoms with E-state index in [2.05, 4.69) is 16.2 Å². The molecular formula is C8H14F6N2O. The zero-order valence-electron chi connectivity index (χ0n) is 9.24. The quantitative estimate of drug-likeness (QED) is 0.719. The third kappa shape index (κ3) is 3.23. The Kier molecular flexibility index (Phi) is 4.47. The summed E-state index contributed by atoms with van der Waals surface area (Å²) in [6.07, 6.45) is 0. The first kappa shape index (κ1) is 16.5. The smallest absolute Gasteiger partial charge is 0.317 e. The highest BCUT2D eigenvalue weighted by Crippen LogP contribution is 2.41. The van der Waals surface area contributed by atoms with Crippen molar-refractivity contribution in [1.29, 1.82) is 0 Å². The number of halogens is 6. The highest BCUT2D eigenvalue weighted by molar-refractivity contribution is 4.90. The van der Waals surface area contributed by atoms with Crippen LogP contribution in [0.1, 0.15) is 13.8 Å². The average molecular weight is 268 g/mol. The van der Waals surface area contributed by atoms with Crippen LogP contribution < -0.4 is 11.5 Å². The third-order valence-electron chi connectivity index (χ3n) is 2.20. The van der Waals surface area contributed by atoms with E-state index in [9.17, 15) is 26.3 Å². The molecule has 0 bridgehead atoms. The van der Waals surface area contributed by atoms with E-state index in [0.717, 1.165) is 0 Å². The first-order valence-electron chi connectivity index (χ1n) is 4.57. The molecule has 0 aromatic rings. The Bertz CT molecular complexity index is 243. The van der Waals surface area contributed by atoms with Gasteiger partial charge in [-0.25, -0.2) is 8.78 Å². The topological polar surface area (TPSA) is 61.3 Å². The maximum Gasteiger partial charge on any atom is 0.317 e. The second kappa shape index (κ2) is 4.62. The van der Waals surface area contributed by atoms with Crippen molar-refractivity contribution < 1.29 is 31.1 Å². The highest BCUT2D eigenvalue weighted by Gasteiger charge is 2.61. The van der Waals surface area contributed by atoms with Crippen molar-refractivity contribution in [2.75, 3.05) is 13.1 Å². The van der Waals surface area contributed by atoms with E-state index in [0.29, 0.717) is 0 Å². The molecule has 104 valence electrons. The van der Waals surface area contributed by atoms with Gasteiger partial charge in [0.15, 0.2) is 0 Å². The van der Waals surface area contributed by atoms with E-state index in [1.54, 1.807) is 0 Å². The van der Waals surface area contributed by atoms with Crippen LogP contribution in [0.3, 0.4) is 0 Å². The molecular weight excluding hydrogens is 254 g/mol. The first-order chi connectivity index (χ1) is 7.33. The molecule has 0 aliphatic heterocycles. The Morgan fingerprint density at radius 2 is 1.00 bits per heavy atom. The van der Waals surface area contributed by atoms with Gasteiger partial charge in [0.2, 0.25) is 0 Å². The predicted octanol–water partition coefficient (Wildman–Crippen LogP) is 1.56. The van der Waals surface area contributed by atoms with E-state index < -0.39 is 36.6 Å². The van der Waals surface area contributed by atoms with E-state index in [1.807, 2.05) is 0 Å². The van der Waals surface area contributed by atoms with Crippen molar-refractivity contribution in [2.24, 2.45) is 11.5 Å². The molecule has 0 spiro atoms. The van der Waals surface area contributed by atoms with Crippen molar-refractivity contribution in [3.8, 4) is 0 Å². The summed E-state index contributed by atoms with van der Waals surface area (Å²) in [5.74, 6) is -16.6. The van der Waals surface area contributed by atoms with Crippen molar-refractivity contribution >= 4 is 0 Å². The van der Waals surface area contributed by atoms with Gasteiger partial charge in [0.25, 0.3) is 11.7 Å². The van der Waals surface area contributed by atoms with Gasteiger partial charge in [-0.1, -0.05) is 0 Å². The second-order valence-corrected chi connectivity index (χ2v) is 3.75. The van der Waals surface area contributed by atoms with Gasteiger partial charge in [-0.3, -0.25) is 4.74 Å². The third-order valence-corrected chi connectivity index (χ3v) is 2.20. The predicted molar refractivity (Wildman–Crippen MR) is 48.1 cm³/mol. The molecule has 9 heteroatoms. The SMILES string of the molecule is CC(F)(OC(C)(F)C(F)(F)CN)C(F)(F)CN. The maximum atomic E-state index is 13.4. The van der Waals surface area contributed by atoms with Crippen LogP contribution in [0.15, 0.2) is 0 Å². The Morgan fingerprint density at radius 3 is 1.18 bits per heavy atom. The molecule has 2 unspecified atom stereocenters. The Hall–Kier alpha value is -0.540. The van der Waals surface area contributed by atoms with Gasteiger partial charge in [0.05, 0.1) is 13.1 Å². The molecule has 17 heavy (non-hydrogen) atoms. The Balaban J connectivity index is 5.07. The van der Waals surface area contributed by atoms with Crippen LogP contribution in [0.5, 0.6) is 0 Å². The molecule has 3 nitrogen and oxygen atoms in total. The number of alkyl halides is 6. The molecule has 0 aliphatic carbocycles.